The van der Waals surface area contributed by atoms with Crippen LogP contribution in [0.25, 0.3) is 0 Å². The highest BCUT2D eigenvalue weighted by Gasteiger charge is 2.33. The second-order valence-corrected chi connectivity index (χ2v) is 5.68. The quantitative estimate of drug-likeness (QED) is 0.705. The fourth-order valence-electron chi connectivity index (χ4n) is 1.87. The van der Waals surface area contributed by atoms with Crippen LogP contribution in [0.15, 0.2) is 6.07 Å². The molecule has 5 nitrogen and oxygen atoms in total. The lowest BCUT2D eigenvalue weighted by atomic mass is 9.92. The molecule has 1 aliphatic rings. The second-order valence-electron chi connectivity index (χ2n) is 5.68. The van der Waals surface area contributed by atoms with E-state index in [1.165, 1.54) is 0 Å². The molecule has 0 fully saturated rings. The third-order valence-corrected chi connectivity index (χ3v) is 2.88. The molecule has 5 heteroatoms. The highest BCUT2D eigenvalue weighted by molar-refractivity contribution is 5.47. The molecule has 1 atom stereocenters. The first-order chi connectivity index (χ1) is 7.34. The minimum absolute atomic E-state index is 0.0744. The Kier molecular flexibility index (Phi) is 2.38. The van der Waals surface area contributed by atoms with Crippen molar-refractivity contribution in [2.75, 3.05) is 17.3 Å². The number of fused-ring (bicyclic) bond motifs is 1. The molecule has 0 saturated carbocycles. The normalized spacial score (nSPS) is 23.8. The molecule has 0 saturated heterocycles. The first-order valence-corrected chi connectivity index (χ1v) is 5.71. The molecule has 0 aromatic carbocycles. The maximum Gasteiger partial charge on any atom is 0.149 e. The molecule has 16 heavy (non-hydrogen) atoms. The highest BCUT2D eigenvalue weighted by Crippen LogP contribution is 2.29. The van der Waals surface area contributed by atoms with Crippen molar-refractivity contribution in [3.63, 3.8) is 0 Å². The van der Waals surface area contributed by atoms with E-state index in [4.69, 9.17) is 5.73 Å². The van der Waals surface area contributed by atoms with Crippen molar-refractivity contribution in [1.82, 2.24) is 9.89 Å². The van der Waals surface area contributed by atoms with E-state index in [1.54, 1.807) is 0 Å². The number of hydrogen-bond acceptors (Lipinski definition) is 4. The predicted octanol–water partition coefficient (Wildman–Crippen LogP) is 1.21. The van der Waals surface area contributed by atoms with Crippen LogP contribution in [0.4, 0.5) is 5.82 Å². The van der Waals surface area contributed by atoms with Crippen LogP contribution >= 0.6 is 0 Å². The van der Waals surface area contributed by atoms with E-state index >= 15 is 0 Å². The van der Waals surface area contributed by atoms with Gasteiger partial charge in [-0.15, -0.1) is 0 Å². The van der Waals surface area contributed by atoms with Gasteiger partial charge in [-0.1, -0.05) is 20.8 Å². The highest BCUT2D eigenvalue weighted by atomic mass is 15.7. The van der Waals surface area contributed by atoms with Gasteiger partial charge in [0.05, 0.1) is 5.69 Å². The van der Waals surface area contributed by atoms with Gasteiger partial charge >= 0.3 is 0 Å². The zero-order chi connectivity index (χ0) is 12.0. The first kappa shape index (κ1) is 11.3. The molecule has 0 amide bonds. The van der Waals surface area contributed by atoms with E-state index in [-0.39, 0.29) is 11.1 Å². The smallest absolute Gasteiger partial charge is 0.149 e. The fourth-order valence-corrected chi connectivity index (χ4v) is 1.87. The lowest BCUT2D eigenvalue weighted by Gasteiger charge is -2.25. The molecule has 0 radical (unpaired) electrons. The summed E-state index contributed by atoms with van der Waals surface area (Å²) in [6, 6.07) is 2.09. The van der Waals surface area contributed by atoms with Crippen LogP contribution in [0, 0.1) is 0 Å². The maximum atomic E-state index is 5.59. The fraction of sp³-hybridized carbons (Fsp3) is 0.727. The Morgan fingerprint density at radius 1 is 1.50 bits per heavy atom. The summed E-state index contributed by atoms with van der Waals surface area (Å²) < 4.78 is 0. The summed E-state index contributed by atoms with van der Waals surface area (Å²) in [4.78, 5) is 1.82. The number of anilines is 1. The first-order valence-electron chi connectivity index (χ1n) is 5.71. The Hall–Kier alpha value is -1.23. The van der Waals surface area contributed by atoms with E-state index in [0.717, 1.165) is 17.9 Å². The summed E-state index contributed by atoms with van der Waals surface area (Å²) in [5, 5.41) is 7.96. The second kappa shape index (κ2) is 3.38. The standard InChI is InChI=1S/C11H21N5/c1-10(2,3)8-7-9-13-11(4,5-6-12)15-16(9)14-8/h7,13,15H,5-6,12H2,1-4H3. The van der Waals surface area contributed by atoms with E-state index in [0.29, 0.717) is 6.54 Å². The molecule has 90 valence electrons. The van der Waals surface area contributed by atoms with Crippen LogP contribution in [-0.4, -0.2) is 22.1 Å². The molecular formula is C11H21N5. The number of nitrogens with zero attached hydrogens (tertiary/aromatic N) is 2. The molecule has 0 aliphatic carbocycles. The largest absolute Gasteiger partial charge is 0.345 e. The Balaban J connectivity index is 2.20. The van der Waals surface area contributed by atoms with Crippen molar-refractivity contribution in [3.05, 3.63) is 11.8 Å². The van der Waals surface area contributed by atoms with Gasteiger partial charge in [-0.25, -0.2) is 0 Å². The van der Waals surface area contributed by atoms with Crippen molar-refractivity contribution in [3.8, 4) is 0 Å². The van der Waals surface area contributed by atoms with E-state index < -0.39 is 0 Å². The summed E-state index contributed by atoms with van der Waals surface area (Å²) >= 11 is 0. The van der Waals surface area contributed by atoms with Crippen LogP contribution in [0.3, 0.4) is 0 Å². The molecule has 2 heterocycles. The van der Waals surface area contributed by atoms with Crippen molar-refractivity contribution < 1.29 is 0 Å². The van der Waals surface area contributed by atoms with Crippen LogP contribution in [0.1, 0.15) is 39.8 Å². The minimum Gasteiger partial charge on any atom is -0.345 e. The predicted molar refractivity (Wildman–Crippen MR) is 66.0 cm³/mol. The molecule has 0 spiro atoms. The monoisotopic (exact) mass is 223 g/mol. The molecule has 0 bridgehead atoms. The molecule has 1 aromatic rings. The summed E-state index contributed by atoms with van der Waals surface area (Å²) in [7, 11) is 0. The lowest BCUT2D eigenvalue weighted by Crippen LogP contribution is -2.42. The Morgan fingerprint density at radius 2 is 2.19 bits per heavy atom. The minimum atomic E-state index is -0.173. The van der Waals surface area contributed by atoms with E-state index in [1.807, 2.05) is 4.79 Å². The Labute approximate surface area is 96.4 Å². The summed E-state index contributed by atoms with van der Waals surface area (Å²) in [5.41, 5.74) is 9.89. The van der Waals surface area contributed by atoms with Gasteiger partial charge < -0.3 is 11.1 Å². The summed E-state index contributed by atoms with van der Waals surface area (Å²) in [6.45, 7) is 9.21. The Bertz CT molecular complexity index is 364. The van der Waals surface area contributed by atoms with Gasteiger partial charge in [-0.2, -0.15) is 9.89 Å². The number of nitrogens with two attached hydrogens (primary N) is 1. The molecule has 1 aromatic heterocycles. The third-order valence-electron chi connectivity index (χ3n) is 2.88. The third kappa shape index (κ3) is 1.87. The van der Waals surface area contributed by atoms with Gasteiger partial charge in [0.2, 0.25) is 0 Å². The van der Waals surface area contributed by atoms with Gasteiger partial charge in [0.1, 0.15) is 11.5 Å². The van der Waals surface area contributed by atoms with Crippen molar-refractivity contribution in [1.29, 1.82) is 0 Å². The van der Waals surface area contributed by atoms with Gasteiger partial charge in [0.15, 0.2) is 0 Å². The average Bonchev–Trinajstić information content (AvgIpc) is 2.57. The number of aromatic nitrogens is 2. The molecule has 1 aliphatic heterocycles. The van der Waals surface area contributed by atoms with Crippen molar-refractivity contribution in [2.24, 2.45) is 5.73 Å². The lowest BCUT2D eigenvalue weighted by molar-refractivity contribution is 0.497. The van der Waals surface area contributed by atoms with Gasteiger partial charge in [0, 0.05) is 17.9 Å². The molecular weight excluding hydrogens is 202 g/mol. The number of rotatable bonds is 2. The van der Waals surface area contributed by atoms with Gasteiger partial charge in [-0.05, 0) is 13.5 Å². The zero-order valence-corrected chi connectivity index (χ0v) is 10.5. The average molecular weight is 223 g/mol. The molecule has 4 N–H and O–H groups in total. The Morgan fingerprint density at radius 3 is 2.69 bits per heavy atom. The van der Waals surface area contributed by atoms with Crippen LogP contribution in [0.2, 0.25) is 0 Å². The van der Waals surface area contributed by atoms with Crippen LogP contribution in [0.5, 0.6) is 0 Å². The number of nitrogens with one attached hydrogen (secondary N) is 2. The van der Waals surface area contributed by atoms with E-state index in [2.05, 4.69) is 49.6 Å². The van der Waals surface area contributed by atoms with Crippen molar-refractivity contribution >= 4 is 5.82 Å². The van der Waals surface area contributed by atoms with E-state index in [9.17, 15) is 0 Å². The zero-order valence-electron chi connectivity index (χ0n) is 10.5. The SMILES string of the molecule is CC1(CCN)Nc2cc(C(C)(C)C)nn2N1. The summed E-state index contributed by atoms with van der Waals surface area (Å²) in [5.74, 6) is 1.01. The van der Waals surface area contributed by atoms with Crippen molar-refractivity contribution in [2.45, 2.75) is 45.2 Å². The topological polar surface area (TPSA) is 67.9 Å². The van der Waals surface area contributed by atoms with Crippen LogP contribution < -0.4 is 16.5 Å². The van der Waals surface area contributed by atoms with Crippen LogP contribution in [-0.2, 0) is 5.41 Å². The molecule has 1 unspecified atom stereocenters. The number of hydrogen-bond donors (Lipinski definition) is 3. The summed E-state index contributed by atoms with van der Waals surface area (Å²) in [6.07, 6.45) is 0.862. The maximum absolute atomic E-state index is 5.59. The molecule has 2 rings (SSSR count). The van der Waals surface area contributed by atoms with Gasteiger partial charge in [0.25, 0.3) is 0 Å². The van der Waals surface area contributed by atoms with Gasteiger partial charge in [-0.3, -0.25) is 5.43 Å².